The number of benzene rings is 1. The minimum Gasteiger partial charge on any atom is -0.496 e. The quantitative estimate of drug-likeness (QED) is 0.353. The van der Waals surface area contributed by atoms with Crippen molar-refractivity contribution in [1.82, 2.24) is 15.6 Å². The Morgan fingerprint density at radius 3 is 2.53 bits per heavy atom. The number of nitrogens with one attached hydrogen (secondary N) is 2. The first-order valence-electron chi connectivity index (χ1n) is 10.1. The summed E-state index contributed by atoms with van der Waals surface area (Å²) in [5.41, 5.74) is 5.23. The van der Waals surface area contributed by atoms with E-state index in [2.05, 4.69) is 45.7 Å². The average molecular weight is 415 g/mol. The summed E-state index contributed by atoms with van der Waals surface area (Å²) in [5.74, 6) is 2.45. The minimum absolute atomic E-state index is 0.552. The van der Waals surface area contributed by atoms with Crippen LogP contribution in [0.1, 0.15) is 34.4 Å². The molecule has 0 unspecified atom stereocenters. The Morgan fingerprint density at radius 2 is 1.83 bits per heavy atom. The molecule has 2 N–H and O–H groups in total. The molecule has 1 aromatic carbocycles. The van der Waals surface area contributed by atoms with Crippen LogP contribution in [0.15, 0.2) is 29.4 Å². The minimum atomic E-state index is 0.552. The van der Waals surface area contributed by atoms with Gasteiger partial charge in [0, 0.05) is 56.6 Å². The molecule has 0 fully saturated rings. The van der Waals surface area contributed by atoms with Crippen LogP contribution in [0.5, 0.6) is 11.5 Å². The van der Waals surface area contributed by atoms with Gasteiger partial charge in [0.2, 0.25) is 0 Å². The van der Waals surface area contributed by atoms with Crippen molar-refractivity contribution >= 4 is 5.96 Å². The van der Waals surface area contributed by atoms with Crippen molar-refractivity contribution in [2.24, 2.45) is 4.99 Å². The molecule has 7 nitrogen and oxygen atoms in total. The zero-order valence-corrected chi connectivity index (χ0v) is 19.0. The van der Waals surface area contributed by atoms with Crippen molar-refractivity contribution in [3.63, 3.8) is 0 Å². The largest absolute Gasteiger partial charge is 0.496 e. The van der Waals surface area contributed by atoms with Crippen LogP contribution < -0.4 is 20.1 Å². The first-order valence-corrected chi connectivity index (χ1v) is 10.1. The summed E-state index contributed by atoms with van der Waals surface area (Å²) in [4.78, 5) is 8.85. The third-order valence-corrected chi connectivity index (χ3v) is 4.82. The molecular weight excluding hydrogens is 380 g/mol. The number of nitrogens with zero attached hydrogens (tertiary/aromatic N) is 2. The number of methoxy groups -OCH3 is 2. The molecule has 0 aliphatic heterocycles. The number of pyridine rings is 1. The highest BCUT2D eigenvalue weighted by molar-refractivity contribution is 5.79. The Bertz CT molecular complexity index is 853. The number of hydrogen-bond donors (Lipinski definition) is 2. The highest BCUT2D eigenvalue weighted by Crippen LogP contribution is 2.24. The average Bonchev–Trinajstić information content (AvgIpc) is 2.74. The standard InChI is InChI=1S/C23H34N4O3/c1-16-8-9-19(21(12-16)30-11-7-10-28-5)14-26-23(24-4)27-15-20-18(3)22(29-6)17(2)13-25-20/h8-9,12-13H,7,10-11,14-15H2,1-6H3,(H2,24,26,27). The first-order chi connectivity index (χ1) is 14.5. The second-order valence-corrected chi connectivity index (χ2v) is 7.13. The molecular formula is C23H34N4O3. The van der Waals surface area contributed by atoms with Crippen molar-refractivity contribution in [3.8, 4) is 11.5 Å². The number of hydrogen-bond acceptors (Lipinski definition) is 5. The summed E-state index contributed by atoms with van der Waals surface area (Å²) in [6.07, 6.45) is 2.69. The lowest BCUT2D eigenvalue weighted by Crippen LogP contribution is -2.36. The van der Waals surface area contributed by atoms with Crippen LogP contribution in [0.3, 0.4) is 0 Å². The molecule has 30 heavy (non-hydrogen) atoms. The number of aliphatic imine (C=N–C) groups is 1. The lowest BCUT2D eigenvalue weighted by Gasteiger charge is -2.17. The molecule has 0 aliphatic carbocycles. The van der Waals surface area contributed by atoms with Gasteiger partial charge in [0.1, 0.15) is 11.5 Å². The molecule has 0 saturated carbocycles. The highest BCUT2D eigenvalue weighted by Gasteiger charge is 2.11. The maximum Gasteiger partial charge on any atom is 0.191 e. The van der Waals surface area contributed by atoms with Gasteiger partial charge in [0.05, 0.1) is 26.0 Å². The van der Waals surface area contributed by atoms with E-state index in [0.29, 0.717) is 32.3 Å². The van der Waals surface area contributed by atoms with Gasteiger partial charge in [-0.05, 0) is 32.4 Å². The number of aromatic nitrogens is 1. The first kappa shape index (κ1) is 23.5. The third kappa shape index (κ3) is 6.62. The van der Waals surface area contributed by atoms with Gasteiger partial charge in [-0.3, -0.25) is 9.98 Å². The molecule has 1 heterocycles. The van der Waals surface area contributed by atoms with Crippen molar-refractivity contribution in [2.75, 3.05) is 34.5 Å². The molecule has 2 rings (SSSR count). The molecule has 0 bridgehead atoms. The smallest absolute Gasteiger partial charge is 0.191 e. The molecule has 0 atom stereocenters. The van der Waals surface area contributed by atoms with E-state index in [9.17, 15) is 0 Å². The Balaban J connectivity index is 1.98. The van der Waals surface area contributed by atoms with Crippen LogP contribution in [0.25, 0.3) is 0 Å². The number of guanidine groups is 1. The van der Waals surface area contributed by atoms with Gasteiger partial charge in [0.15, 0.2) is 5.96 Å². The van der Waals surface area contributed by atoms with E-state index in [1.54, 1.807) is 21.3 Å². The Morgan fingerprint density at radius 1 is 1.07 bits per heavy atom. The van der Waals surface area contributed by atoms with E-state index in [1.165, 1.54) is 0 Å². The lowest BCUT2D eigenvalue weighted by atomic mass is 10.1. The van der Waals surface area contributed by atoms with Crippen molar-refractivity contribution in [2.45, 2.75) is 40.3 Å². The van der Waals surface area contributed by atoms with Crippen LogP contribution >= 0.6 is 0 Å². The third-order valence-electron chi connectivity index (χ3n) is 4.82. The fraction of sp³-hybridized carbons (Fsp3) is 0.478. The highest BCUT2D eigenvalue weighted by atomic mass is 16.5. The molecule has 1 aromatic heterocycles. The lowest BCUT2D eigenvalue weighted by molar-refractivity contribution is 0.171. The molecule has 0 radical (unpaired) electrons. The molecule has 7 heteroatoms. The van der Waals surface area contributed by atoms with Gasteiger partial charge in [-0.1, -0.05) is 12.1 Å². The summed E-state index contributed by atoms with van der Waals surface area (Å²) < 4.78 is 16.5. The summed E-state index contributed by atoms with van der Waals surface area (Å²) >= 11 is 0. The summed E-state index contributed by atoms with van der Waals surface area (Å²) in [5, 5.41) is 6.67. The molecule has 164 valence electrons. The van der Waals surface area contributed by atoms with E-state index in [-0.39, 0.29) is 0 Å². The predicted molar refractivity (Wildman–Crippen MR) is 120 cm³/mol. The second-order valence-electron chi connectivity index (χ2n) is 7.13. The summed E-state index contributed by atoms with van der Waals surface area (Å²) in [7, 11) is 5.14. The normalized spacial score (nSPS) is 11.3. The van der Waals surface area contributed by atoms with Gasteiger partial charge in [-0.25, -0.2) is 0 Å². The zero-order chi connectivity index (χ0) is 21.9. The maximum absolute atomic E-state index is 5.96. The van der Waals surface area contributed by atoms with E-state index in [1.807, 2.05) is 20.0 Å². The maximum atomic E-state index is 5.96. The van der Waals surface area contributed by atoms with E-state index >= 15 is 0 Å². The molecule has 0 spiro atoms. The predicted octanol–water partition coefficient (Wildman–Crippen LogP) is 3.30. The van der Waals surface area contributed by atoms with E-state index in [0.717, 1.165) is 45.9 Å². The fourth-order valence-corrected chi connectivity index (χ4v) is 3.14. The molecule has 0 amide bonds. The van der Waals surface area contributed by atoms with Gasteiger partial charge in [-0.2, -0.15) is 0 Å². The van der Waals surface area contributed by atoms with Crippen LogP contribution in [0, 0.1) is 20.8 Å². The SMILES string of the molecule is CN=C(NCc1ccc(C)cc1OCCCOC)NCc1ncc(C)c(OC)c1C. The van der Waals surface area contributed by atoms with Gasteiger partial charge < -0.3 is 24.8 Å². The van der Waals surface area contributed by atoms with Crippen molar-refractivity contribution < 1.29 is 14.2 Å². The van der Waals surface area contributed by atoms with Crippen LogP contribution in [-0.4, -0.2) is 45.4 Å². The van der Waals surface area contributed by atoms with Crippen LogP contribution in [-0.2, 0) is 17.8 Å². The van der Waals surface area contributed by atoms with Gasteiger partial charge in [-0.15, -0.1) is 0 Å². The summed E-state index contributed by atoms with van der Waals surface area (Å²) in [6.45, 7) is 8.54. The molecule has 2 aromatic rings. The monoisotopic (exact) mass is 414 g/mol. The zero-order valence-electron chi connectivity index (χ0n) is 19.0. The van der Waals surface area contributed by atoms with E-state index in [4.69, 9.17) is 14.2 Å². The summed E-state index contributed by atoms with van der Waals surface area (Å²) in [6, 6.07) is 6.23. The van der Waals surface area contributed by atoms with Crippen LogP contribution in [0.4, 0.5) is 0 Å². The molecule has 0 saturated heterocycles. The van der Waals surface area contributed by atoms with E-state index < -0.39 is 0 Å². The van der Waals surface area contributed by atoms with Gasteiger partial charge in [0.25, 0.3) is 0 Å². The number of aryl methyl sites for hydroxylation is 2. The van der Waals surface area contributed by atoms with Crippen molar-refractivity contribution in [1.29, 1.82) is 0 Å². The van der Waals surface area contributed by atoms with Crippen molar-refractivity contribution in [3.05, 3.63) is 52.3 Å². The van der Waals surface area contributed by atoms with Gasteiger partial charge >= 0.3 is 0 Å². The Kier molecular flexibility index (Phi) is 9.41. The topological polar surface area (TPSA) is 77.0 Å². The Labute approximate surface area is 179 Å². The number of rotatable bonds is 10. The second kappa shape index (κ2) is 12.0. The Hall–Kier alpha value is -2.80. The fourth-order valence-electron chi connectivity index (χ4n) is 3.14. The number of ether oxygens (including phenoxy) is 3. The van der Waals surface area contributed by atoms with Crippen LogP contribution in [0.2, 0.25) is 0 Å². The molecule has 0 aliphatic rings.